The van der Waals surface area contributed by atoms with Gasteiger partial charge in [-0.15, -0.1) is 0 Å². The third-order valence-electron chi connectivity index (χ3n) is 2.19. The van der Waals surface area contributed by atoms with Gasteiger partial charge in [0.05, 0.1) is 5.56 Å². The van der Waals surface area contributed by atoms with Crippen LogP contribution in [0.5, 0.6) is 0 Å². The number of aromatic nitrogens is 2. The van der Waals surface area contributed by atoms with Gasteiger partial charge in [-0.3, -0.25) is 4.79 Å². The summed E-state index contributed by atoms with van der Waals surface area (Å²) < 4.78 is 37.0. The Morgan fingerprint density at radius 2 is 1.76 bits per heavy atom. The first-order valence-electron chi connectivity index (χ1n) is 4.70. The van der Waals surface area contributed by atoms with E-state index in [0.29, 0.717) is 5.56 Å². The molecule has 6 heteroatoms. The highest BCUT2D eigenvalue weighted by molar-refractivity contribution is 5.58. The van der Waals surface area contributed by atoms with E-state index in [2.05, 4.69) is 9.97 Å². The molecule has 2 aromatic rings. The number of H-pyrrole nitrogens is 1. The molecule has 0 aliphatic carbocycles. The largest absolute Gasteiger partial charge is 0.416 e. The Kier molecular flexibility index (Phi) is 2.71. The van der Waals surface area contributed by atoms with E-state index in [0.717, 1.165) is 12.1 Å². The summed E-state index contributed by atoms with van der Waals surface area (Å²) in [4.78, 5) is 17.6. The van der Waals surface area contributed by atoms with E-state index < -0.39 is 17.3 Å². The van der Waals surface area contributed by atoms with E-state index in [9.17, 15) is 18.0 Å². The van der Waals surface area contributed by atoms with Gasteiger partial charge in [-0.05, 0) is 12.1 Å². The van der Waals surface area contributed by atoms with Gasteiger partial charge in [-0.25, -0.2) is 4.98 Å². The first-order valence-corrected chi connectivity index (χ1v) is 4.70. The molecule has 0 spiro atoms. The predicted molar refractivity (Wildman–Crippen MR) is 55.3 cm³/mol. The molecular formula is C11H7F3N2O. The lowest BCUT2D eigenvalue weighted by atomic mass is 10.1. The lowest BCUT2D eigenvalue weighted by Gasteiger charge is -2.06. The fourth-order valence-electron chi connectivity index (χ4n) is 1.37. The molecule has 88 valence electrons. The summed E-state index contributed by atoms with van der Waals surface area (Å²) in [5.41, 5.74) is -0.748. The average Bonchev–Trinajstić information content (AvgIpc) is 2.29. The normalized spacial score (nSPS) is 11.5. The highest BCUT2D eigenvalue weighted by atomic mass is 19.4. The number of nitrogens with zero attached hydrogens (tertiary/aromatic N) is 1. The molecule has 0 saturated heterocycles. The number of halogens is 3. The number of nitrogens with one attached hydrogen (secondary N) is 1. The first kappa shape index (κ1) is 11.4. The van der Waals surface area contributed by atoms with Gasteiger partial charge in [-0.1, -0.05) is 12.1 Å². The maximum atomic E-state index is 12.3. The van der Waals surface area contributed by atoms with E-state index in [-0.39, 0.29) is 5.69 Å². The van der Waals surface area contributed by atoms with Crippen molar-refractivity contribution in [3.05, 3.63) is 52.6 Å². The third-order valence-corrected chi connectivity index (χ3v) is 2.19. The highest BCUT2D eigenvalue weighted by Gasteiger charge is 2.30. The van der Waals surface area contributed by atoms with Crippen LogP contribution in [0.4, 0.5) is 13.2 Å². The Bertz CT molecular complexity index is 572. The predicted octanol–water partition coefficient (Wildman–Crippen LogP) is 2.46. The van der Waals surface area contributed by atoms with Gasteiger partial charge >= 0.3 is 6.18 Å². The van der Waals surface area contributed by atoms with E-state index in [1.54, 1.807) is 0 Å². The van der Waals surface area contributed by atoms with Gasteiger partial charge < -0.3 is 4.98 Å². The molecule has 1 aromatic heterocycles. The van der Waals surface area contributed by atoms with Crippen LogP contribution in [0.3, 0.4) is 0 Å². The molecule has 1 heterocycles. The minimum atomic E-state index is -4.38. The zero-order chi connectivity index (χ0) is 12.5. The van der Waals surface area contributed by atoms with Gasteiger partial charge in [-0.2, -0.15) is 13.2 Å². The summed E-state index contributed by atoms with van der Waals surface area (Å²) in [6, 6.07) is 4.29. The van der Waals surface area contributed by atoms with Crippen LogP contribution in [-0.4, -0.2) is 9.97 Å². The fourth-order valence-corrected chi connectivity index (χ4v) is 1.37. The van der Waals surface area contributed by atoms with Crippen LogP contribution in [-0.2, 0) is 6.18 Å². The minimum absolute atomic E-state index is 0.0984. The van der Waals surface area contributed by atoms with Crippen molar-refractivity contribution in [1.29, 1.82) is 0 Å². The number of hydrogen-bond acceptors (Lipinski definition) is 2. The van der Waals surface area contributed by atoms with Crippen molar-refractivity contribution in [2.24, 2.45) is 0 Å². The fraction of sp³-hybridized carbons (Fsp3) is 0.0909. The quantitative estimate of drug-likeness (QED) is 0.832. The smallest absolute Gasteiger partial charge is 0.326 e. The molecule has 0 radical (unpaired) electrons. The average molecular weight is 240 g/mol. The molecule has 17 heavy (non-hydrogen) atoms. The minimum Gasteiger partial charge on any atom is -0.326 e. The van der Waals surface area contributed by atoms with Gasteiger partial charge in [0.2, 0.25) is 0 Å². The molecule has 0 aliphatic heterocycles. The topological polar surface area (TPSA) is 45.8 Å². The Balaban J connectivity index is 2.44. The molecule has 0 saturated carbocycles. The number of aromatic amines is 1. The lowest BCUT2D eigenvalue weighted by Crippen LogP contribution is -2.10. The molecule has 1 N–H and O–H groups in total. The highest BCUT2D eigenvalue weighted by Crippen LogP contribution is 2.30. The zero-order valence-corrected chi connectivity index (χ0v) is 8.45. The van der Waals surface area contributed by atoms with Crippen molar-refractivity contribution in [2.45, 2.75) is 6.18 Å². The van der Waals surface area contributed by atoms with Crippen LogP contribution < -0.4 is 5.56 Å². The van der Waals surface area contributed by atoms with E-state index in [1.807, 2.05) is 0 Å². The van der Waals surface area contributed by atoms with Crippen molar-refractivity contribution >= 4 is 0 Å². The zero-order valence-electron chi connectivity index (χ0n) is 8.45. The molecular weight excluding hydrogens is 233 g/mol. The van der Waals surface area contributed by atoms with Crippen LogP contribution in [0.2, 0.25) is 0 Å². The Morgan fingerprint density at radius 3 is 2.29 bits per heavy atom. The Labute approximate surface area is 94.0 Å². The van der Waals surface area contributed by atoms with Gasteiger partial charge in [0.25, 0.3) is 5.56 Å². The van der Waals surface area contributed by atoms with E-state index in [1.165, 1.54) is 24.5 Å². The number of hydrogen-bond donors (Lipinski definition) is 1. The van der Waals surface area contributed by atoms with Crippen LogP contribution in [0.25, 0.3) is 11.3 Å². The summed E-state index contributed by atoms with van der Waals surface area (Å²) in [5.74, 6) is 0. The van der Waals surface area contributed by atoms with Crippen molar-refractivity contribution in [1.82, 2.24) is 9.97 Å². The second kappa shape index (κ2) is 4.04. The molecule has 0 fully saturated rings. The third kappa shape index (κ3) is 2.35. The maximum absolute atomic E-state index is 12.3. The van der Waals surface area contributed by atoms with Crippen LogP contribution in [0.1, 0.15) is 5.56 Å². The SMILES string of the molecule is O=c1[nH]ccnc1-c1ccc(C(F)(F)F)cc1. The molecule has 0 bridgehead atoms. The van der Waals surface area contributed by atoms with Gasteiger partial charge in [0.15, 0.2) is 0 Å². The Hall–Kier alpha value is -2.11. The second-order valence-corrected chi connectivity index (χ2v) is 3.34. The van der Waals surface area contributed by atoms with Crippen LogP contribution in [0, 0.1) is 0 Å². The molecule has 0 aliphatic rings. The molecule has 0 unspecified atom stereocenters. The van der Waals surface area contributed by atoms with Crippen molar-refractivity contribution in [3.63, 3.8) is 0 Å². The number of rotatable bonds is 1. The van der Waals surface area contributed by atoms with Gasteiger partial charge in [0, 0.05) is 18.0 Å². The summed E-state index contributed by atoms with van der Waals surface area (Å²) >= 11 is 0. The Morgan fingerprint density at radius 1 is 1.12 bits per heavy atom. The van der Waals surface area contributed by atoms with Crippen molar-refractivity contribution in [3.8, 4) is 11.3 Å². The second-order valence-electron chi connectivity index (χ2n) is 3.34. The maximum Gasteiger partial charge on any atom is 0.416 e. The van der Waals surface area contributed by atoms with Crippen LogP contribution >= 0.6 is 0 Å². The lowest BCUT2D eigenvalue weighted by molar-refractivity contribution is -0.137. The molecule has 2 rings (SSSR count). The summed E-state index contributed by atoms with van der Waals surface area (Å²) in [6.45, 7) is 0. The molecule has 1 aromatic carbocycles. The van der Waals surface area contributed by atoms with E-state index >= 15 is 0 Å². The van der Waals surface area contributed by atoms with E-state index in [4.69, 9.17) is 0 Å². The number of alkyl halides is 3. The molecule has 3 nitrogen and oxygen atoms in total. The number of benzene rings is 1. The summed E-state index contributed by atoms with van der Waals surface area (Å²) in [5, 5.41) is 0. The molecule has 0 atom stereocenters. The van der Waals surface area contributed by atoms with Crippen molar-refractivity contribution < 1.29 is 13.2 Å². The summed E-state index contributed by atoms with van der Waals surface area (Å²) in [6.07, 6.45) is -1.65. The van der Waals surface area contributed by atoms with Crippen molar-refractivity contribution in [2.75, 3.05) is 0 Å². The first-order chi connectivity index (χ1) is 7.98. The molecule has 0 amide bonds. The standard InChI is InChI=1S/C11H7F3N2O/c12-11(13,14)8-3-1-7(2-4-8)9-10(17)16-6-5-15-9/h1-6H,(H,16,17). The summed E-state index contributed by atoms with van der Waals surface area (Å²) in [7, 11) is 0. The van der Waals surface area contributed by atoms with Crippen LogP contribution in [0.15, 0.2) is 41.5 Å². The monoisotopic (exact) mass is 240 g/mol. The van der Waals surface area contributed by atoms with Gasteiger partial charge in [0.1, 0.15) is 5.69 Å².